The molecule has 1 aliphatic rings. The normalized spacial score (nSPS) is 15.4. The Hall–Kier alpha value is -1.97. The number of amides is 1. The first-order valence-electron chi connectivity index (χ1n) is 6.36. The number of anilines is 1. The summed E-state index contributed by atoms with van der Waals surface area (Å²) in [6.07, 6.45) is 4.22. The van der Waals surface area contributed by atoms with E-state index in [1.807, 2.05) is 39.9 Å². The van der Waals surface area contributed by atoms with Crippen LogP contribution in [0, 0.1) is 0 Å². The van der Waals surface area contributed by atoms with E-state index in [9.17, 15) is 4.79 Å². The van der Waals surface area contributed by atoms with Crippen LogP contribution in [0.1, 0.15) is 12.8 Å². The predicted molar refractivity (Wildman–Crippen MR) is 72.2 cm³/mol. The summed E-state index contributed by atoms with van der Waals surface area (Å²) in [7, 11) is 0. The molecule has 2 aromatic rings. The molecule has 18 heavy (non-hydrogen) atoms. The lowest BCUT2D eigenvalue weighted by Gasteiger charge is -2.16. The average molecular weight is 243 g/mol. The molecule has 4 heteroatoms. The summed E-state index contributed by atoms with van der Waals surface area (Å²) in [4.78, 5) is 14.1. The molecule has 0 saturated carbocycles. The third kappa shape index (κ3) is 1.94. The molecule has 1 amide bonds. The largest absolute Gasteiger partial charge is 0.399 e. The Labute approximate surface area is 106 Å². The molecular weight excluding hydrogens is 226 g/mol. The van der Waals surface area contributed by atoms with Gasteiger partial charge in [0.05, 0.1) is 0 Å². The Balaban J connectivity index is 1.84. The number of benzene rings is 1. The van der Waals surface area contributed by atoms with Gasteiger partial charge in [-0.2, -0.15) is 0 Å². The molecule has 3 rings (SSSR count). The van der Waals surface area contributed by atoms with Crippen LogP contribution < -0.4 is 5.73 Å². The van der Waals surface area contributed by atoms with Crippen LogP contribution in [0.25, 0.3) is 10.9 Å². The van der Waals surface area contributed by atoms with Crippen LogP contribution in [0.5, 0.6) is 0 Å². The molecule has 1 aromatic carbocycles. The van der Waals surface area contributed by atoms with Crippen molar-refractivity contribution >= 4 is 22.5 Å². The van der Waals surface area contributed by atoms with Crippen molar-refractivity contribution in [1.82, 2.24) is 9.47 Å². The number of carbonyl (C=O) groups is 1. The van der Waals surface area contributed by atoms with Gasteiger partial charge in [-0.3, -0.25) is 4.79 Å². The fourth-order valence-electron chi connectivity index (χ4n) is 2.57. The van der Waals surface area contributed by atoms with E-state index in [0.29, 0.717) is 6.54 Å². The van der Waals surface area contributed by atoms with Gasteiger partial charge in [-0.25, -0.2) is 0 Å². The highest BCUT2D eigenvalue weighted by molar-refractivity contribution is 5.85. The zero-order chi connectivity index (χ0) is 12.5. The number of rotatable bonds is 2. The van der Waals surface area contributed by atoms with E-state index >= 15 is 0 Å². The Kier molecular flexibility index (Phi) is 2.70. The molecule has 2 heterocycles. The smallest absolute Gasteiger partial charge is 0.242 e. The van der Waals surface area contributed by atoms with Gasteiger partial charge in [-0.05, 0) is 37.1 Å². The molecule has 2 N–H and O–H groups in total. The van der Waals surface area contributed by atoms with Gasteiger partial charge in [0, 0.05) is 35.9 Å². The van der Waals surface area contributed by atoms with Crippen LogP contribution in [0.2, 0.25) is 0 Å². The van der Waals surface area contributed by atoms with E-state index in [4.69, 9.17) is 5.73 Å². The standard InChI is InChI=1S/C14H17N3O/c15-12-3-4-13-11(9-12)5-8-17(13)10-14(18)16-6-1-2-7-16/h3-5,8-9H,1-2,6-7,10,15H2. The molecule has 0 bridgehead atoms. The van der Waals surface area contributed by atoms with Crippen molar-refractivity contribution in [3.05, 3.63) is 30.5 Å². The first-order chi connectivity index (χ1) is 8.74. The average Bonchev–Trinajstić information content (AvgIpc) is 2.98. The summed E-state index contributed by atoms with van der Waals surface area (Å²) in [6, 6.07) is 7.79. The number of nitrogens with zero attached hydrogens (tertiary/aromatic N) is 2. The maximum Gasteiger partial charge on any atom is 0.242 e. The minimum absolute atomic E-state index is 0.210. The Morgan fingerprint density at radius 1 is 1.22 bits per heavy atom. The van der Waals surface area contributed by atoms with Gasteiger partial charge in [0.25, 0.3) is 0 Å². The number of nitrogens with two attached hydrogens (primary N) is 1. The number of carbonyl (C=O) groups excluding carboxylic acids is 1. The molecule has 0 unspecified atom stereocenters. The highest BCUT2D eigenvalue weighted by atomic mass is 16.2. The molecular formula is C14H17N3O. The lowest BCUT2D eigenvalue weighted by atomic mass is 10.2. The first kappa shape index (κ1) is 11.1. The Bertz CT molecular complexity index is 582. The number of fused-ring (bicyclic) bond motifs is 1. The monoisotopic (exact) mass is 243 g/mol. The number of hydrogen-bond acceptors (Lipinski definition) is 2. The second-order valence-corrected chi connectivity index (χ2v) is 4.85. The van der Waals surface area contributed by atoms with Crippen molar-refractivity contribution in [3.63, 3.8) is 0 Å². The van der Waals surface area contributed by atoms with Gasteiger partial charge in [-0.1, -0.05) is 0 Å². The molecule has 0 atom stereocenters. The highest BCUT2D eigenvalue weighted by Crippen LogP contribution is 2.19. The number of likely N-dealkylation sites (tertiary alicyclic amines) is 1. The van der Waals surface area contributed by atoms with Crippen LogP contribution in [-0.2, 0) is 11.3 Å². The van der Waals surface area contributed by atoms with E-state index < -0.39 is 0 Å². The SMILES string of the molecule is Nc1ccc2c(ccn2CC(=O)N2CCCC2)c1. The van der Waals surface area contributed by atoms with E-state index in [1.165, 1.54) is 0 Å². The predicted octanol–water partition coefficient (Wildman–Crippen LogP) is 1.85. The van der Waals surface area contributed by atoms with Crippen LogP contribution >= 0.6 is 0 Å². The minimum atomic E-state index is 0.210. The topological polar surface area (TPSA) is 51.3 Å². The van der Waals surface area contributed by atoms with Gasteiger partial charge in [0.1, 0.15) is 6.54 Å². The van der Waals surface area contributed by atoms with E-state index in [-0.39, 0.29) is 5.91 Å². The molecule has 1 saturated heterocycles. The summed E-state index contributed by atoms with van der Waals surface area (Å²) >= 11 is 0. The molecule has 1 aliphatic heterocycles. The molecule has 4 nitrogen and oxygen atoms in total. The Morgan fingerprint density at radius 2 is 2.00 bits per heavy atom. The molecule has 0 radical (unpaired) electrons. The summed E-state index contributed by atoms with van der Waals surface area (Å²) in [5.41, 5.74) is 7.57. The van der Waals surface area contributed by atoms with Gasteiger partial charge >= 0.3 is 0 Å². The first-order valence-corrected chi connectivity index (χ1v) is 6.36. The quantitative estimate of drug-likeness (QED) is 0.818. The molecule has 1 aromatic heterocycles. The third-order valence-corrected chi connectivity index (χ3v) is 3.56. The maximum atomic E-state index is 12.1. The van der Waals surface area contributed by atoms with Crippen LogP contribution in [-0.4, -0.2) is 28.5 Å². The van der Waals surface area contributed by atoms with Crippen LogP contribution in [0.4, 0.5) is 5.69 Å². The van der Waals surface area contributed by atoms with Crippen LogP contribution in [0.15, 0.2) is 30.5 Å². The third-order valence-electron chi connectivity index (χ3n) is 3.56. The lowest BCUT2D eigenvalue weighted by Crippen LogP contribution is -2.30. The lowest BCUT2D eigenvalue weighted by molar-refractivity contribution is -0.130. The van der Waals surface area contributed by atoms with Crippen LogP contribution in [0.3, 0.4) is 0 Å². The van der Waals surface area contributed by atoms with Crippen molar-refractivity contribution < 1.29 is 4.79 Å². The summed E-state index contributed by atoms with van der Waals surface area (Å²) in [6.45, 7) is 2.24. The number of aromatic nitrogens is 1. The van der Waals surface area contributed by atoms with Gasteiger partial charge in [-0.15, -0.1) is 0 Å². The van der Waals surface area contributed by atoms with Gasteiger partial charge in [0.15, 0.2) is 0 Å². The second-order valence-electron chi connectivity index (χ2n) is 4.85. The molecule has 0 spiro atoms. The van der Waals surface area contributed by atoms with Gasteiger partial charge in [0.2, 0.25) is 5.91 Å². The fourth-order valence-corrected chi connectivity index (χ4v) is 2.57. The summed E-state index contributed by atoms with van der Waals surface area (Å²) in [5, 5.41) is 1.09. The second kappa shape index (κ2) is 4.37. The maximum absolute atomic E-state index is 12.1. The van der Waals surface area contributed by atoms with Crippen molar-refractivity contribution in [1.29, 1.82) is 0 Å². The minimum Gasteiger partial charge on any atom is -0.399 e. The molecule has 1 fully saturated rings. The van der Waals surface area contributed by atoms with Gasteiger partial charge < -0.3 is 15.2 Å². The molecule has 0 aliphatic carbocycles. The summed E-state index contributed by atoms with van der Waals surface area (Å²) in [5.74, 6) is 0.210. The zero-order valence-corrected chi connectivity index (χ0v) is 10.3. The van der Waals surface area contributed by atoms with Crippen molar-refractivity contribution in [2.24, 2.45) is 0 Å². The number of hydrogen-bond donors (Lipinski definition) is 1. The highest BCUT2D eigenvalue weighted by Gasteiger charge is 2.18. The number of nitrogen functional groups attached to an aromatic ring is 1. The fraction of sp³-hybridized carbons (Fsp3) is 0.357. The van der Waals surface area contributed by atoms with E-state index in [0.717, 1.165) is 42.5 Å². The Morgan fingerprint density at radius 3 is 2.78 bits per heavy atom. The van der Waals surface area contributed by atoms with Crippen molar-refractivity contribution in [2.45, 2.75) is 19.4 Å². The molecule has 94 valence electrons. The van der Waals surface area contributed by atoms with Crippen molar-refractivity contribution in [3.8, 4) is 0 Å². The van der Waals surface area contributed by atoms with E-state index in [1.54, 1.807) is 0 Å². The van der Waals surface area contributed by atoms with E-state index in [2.05, 4.69) is 0 Å². The summed E-state index contributed by atoms with van der Waals surface area (Å²) < 4.78 is 2.00. The zero-order valence-electron chi connectivity index (χ0n) is 10.3. The van der Waals surface area contributed by atoms with Crippen molar-refractivity contribution in [2.75, 3.05) is 18.8 Å².